The molecule has 0 bridgehead atoms. The van der Waals surface area contributed by atoms with Crippen LogP contribution in [0.15, 0.2) is 91.5 Å². The monoisotopic (exact) mass is 316 g/mol. The third kappa shape index (κ3) is 3.47. The van der Waals surface area contributed by atoms with Crippen LogP contribution in [0.5, 0.6) is 0 Å². The molecule has 0 saturated heterocycles. The van der Waals surface area contributed by atoms with Crippen LogP contribution < -0.4 is 15.9 Å². The summed E-state index contributed by atoms with van der Waals surface area (Å²) >= 11 is 0. The number of allylic oxidation sites excluding steroid dienone is 1. The Morgan fingerprint density at radius 3 is 1.78 bits per heavy atom. The lowest BCUT2D eigenvalue weighted by molar-refractivity contribution is -0.103. The van der Waals surface area contributed by atoms with Gasteiger partial charge in [-0.25, -0.2) is 0 Å². The van der Waals surface area contributed by atoms with Crippen LogP contribution in [-0.2, 0) is 4.79 Å². The standard InChI is InChI=1S/C21H17OP/c1-17(16-22)18-9-8-14-21(15-18)23(19-10-4-2-5-11-19)20-12-6-3-7-13-20/h2-16H,1H2. The van der Waals surface area contributed by atoms with E-state index in [0.717, 1.165) is 11.8 Å². The Kier molecular flexibility index (Phi) is 4.80. The summed E-state index contributed by atoms with van der Waals surface area (Å²) in [6.07, 6.45) is 0.812. The Labute approximate surface area is 138 Å². The minimum absolute atomic E-state index is 0.517. The van der Waals surface area contributed by atoms with E-state index in [2.05, 4.69) is 67.2 Å². The van der Waals surface area contributed by atoms with Crippen molar-refractivity contribution in [2.75, 3.05) is 0 Å². The molecule has 0 aliphatic rings. The average molecular weight is 316 g/mol. The zero-order chi connectivity index (χ0) is 16.1. The van der Waals surface area contributed by atoms with Gasteiger partial charge in [-0.3, -0.25) is 4.79 Å². The van der Waals surface area contributed by atoms with E-state index in [1.165, 1.54) is 15.9 Å². The Hall–Kier alpha value is -2.50. The Bertz CT molecular complexity index is 770. The molecule has 2 heteroatoms. The number of rotatable bonds is 5. The largest absolute Gasteiger partial charge is 0.298 e. The van der Waals surface area contributed by atoms with Crippen molar-refractivity contribution in [2.45, 2.75) is 0 Å². The van der Waals surface area contributed by atoms with Gasteiger partial charge in [0.15, 0.2) is 0 Å². The maximum absolute atomic E-state index is 11.0. The van der Waals surface area contributed by atoms with E-state index >= 15 is 0 Å². The van der Waals surface area contributed by atoms with E-state index < -0.39 is 7.92 Å². The van der Waals surface area contributed by atoms with Crippen molar-refractivity contribution >= 4 is 35.7 Å². The molecule has 0 N–H and O–H groups in total. The number of carbonyl (C=O) groups excluding carboxylic acids is 1. The molecule has 0 radical (unpaired) electrons. The fourth-order valence-electron chi connectivity index (χ4n) is 2.51. The van der Waals surface area contributed by atoms with Gasteiger partial charge in [0, 0.05) is 5.57 Å². The molecule has 0 atom stereocenters. The minimum atomic E-state index is -0.649. The van der Waals surface area contributed by atoms with Gasteiger partial charge < -0.3 is 0 Å². The molecule has 0 unspecified atom stereocenters. The highest BCUT2D eigenvalue weighted by molar-refractivity contribution is 7.79. The molecule has 23 heavy (non-hydrogen) atoms. The number of hydrogen-bond acceptors (Lipinski definition) is 1. The van der Waals surface area contributed by atoms with Gasteiger partial charge in [0.2, 0.25) is 0 Å². The van der Waals surface area contributed by atoms with E-state index in [4.69, 9.17) is 0 Å². The third-order valence-electron chi connectivity index (χ3n) is 3.65. The van der Waals surface area contributed by atoms with Crippen molar-refractivity contribution in [3.63, 3.8) is 0 Å². The van der Waals surface area contributed by atoms with Crippen molar-refractivity contribution in [2.24, 2.45) is 0 Å². The lowest BCUT2D eigenvalue weighted by Gasteiger charge is -2.20. The van der Waals surface area contributed by atoms with Gasteiger partial charge in [-0.15, -0.1) is 0 Å². The molecular formula is C21H17OP. The summed E-state index contributed by atoms with van der Waals surface area (Å²) in [5.41, 5.74) is 1.40. The SMILES string of the molecule is C=C(C=O)c1cccc(P(c2ccccc2)c2ccccc2)c1. The van der Waals surface area contributed by atoms with Crippen LogP contribution in [0, 0.1) is 0 Å². The predicted molar refractivity (Wildman–Crippen MR) is 100 cm³/mol. The van der Waals surface area contributed by atoms with Crippen LogP contribution in [0.4, 0.5) is 0 Å². The molecule has 3 aromatic rings. The van der Waals surface area contributed by atoms with Gasteiger partial charge >= 0.3 is 0 Å². The Morgan fingerprint density at radius 2 is 1.26 bits per heavy atom. The van der Waals surface area contributed by atoms with E-state index in [-0.39, 0.29) is 0 Å². The highest BCUT2D eigenvalue weighted by Crippen LogP contribution is 2.33. The molecule has 112 valence electrons. The zero-order valence-corrected chi connectivity index (χ0v) is 13.6. The number of carbonyl (C=O) groups is 1. The van der Waals surface area contributed by atoms with Crippen LogP contribution in [0.1, 0.15) is 5.56 Å². The first-order valence-corrected chi connectivity index (χ1v) is 8.78. The molecule has 0 aliphatic carbocycles. The van der Waals surface area contributed by atoms with E-state index in [9.17, 15) is 4.79 Å². The van der Waals surface area contributed by atoms with Crippen molar-refractivity contribution < 1.29 is 4.79 Å². The smallest absolute Gasteiger partial charge is 0.150 e. The molecule has 0 heterocycles. The van der Waals surface area contributed by atoms with Crippen LogP contribution in [0.2, 0.25) is 0 Å². The first-order valence-electron chi connectivity index (χ1n) is 7.44. The second-order valence-corrected chi connectivity index (χ2v) is 7.42. The zero-order valence-electron chi connectivity index (χ0n) is 12.7. The van der Waals surface area contributed by atoms with Crippen LogP contribution in [-0.4, -0.2) is 6.29 Å². The second kappa shape index (κ2) is 7.17. The first kappa shape index (κ1) is 15.4. The summed E-state index contributed by atoms with van der Waals surface area (Å²) in [5, 5.41) is 3.81. The number of hydrogen-bond donors (Lipinski definition) is 0. The lowest BCUT2D eigenvalue weighted by atomic mass is 10.1. The maximum atomic E-state index is 11.0. The van der Waals surface area contributed by atoms with Crippen molar-refractivity contribution in [1.29, 1.82) is 0 Å². The van der Waals surface area contributed by atoms with Gasteiger partial charge in [0.25, 0.3) is 0 Å². The third-order valence-corrected chi connectivity index (χ3v) is 6.07. The first-order chi connectivity index (χ1) is 11.3. The molecule has 0 spiro atoms. The van der Waals surface area contributed by atoms with Gasteiger partial charge in [-0.2, -0.15) is 0 Å². The molecule has 1 nitrogen and oxygen atoms in total. The maximum Gasteiger partial charge on any atom is 0.150 e. The molecule has 0 aromatic heterocycles. The summed E-state index contributed by atoms with van der Waals surface area (Å²) in [4.78, 5) is 11.0. The van der Waals surface area contributed by atoms with E-state index in [0.29, 0.717) is 5.57 Å². The number of benzene rings is 3. The highest BCUT2D eigenvalue weighted by Gasteiger charge is 2.16. The quantitative estimate of drug-likeness (QED) is 0.399. The summed E-state index contributed by atoms with van der Waals surface area (Å²) in [7, 11) is -0.649. The van der Waals surface area contributed by atoms with Gasteiger partial charge in [0.05, 0.1) is 0 Å². The normalized spacial score (nSPS) is 10.5. The average Bonchev–Trinajstić information content (AvgIpc) is 2.63. The van der Waals surface area contributed by atoms with Gasteiger partial charge in [0.1, 0.15) is 6.29 Å². The van der Waals surface area contributed by atoms with E-state index in [1.54, 1.807) is 0 Å². The van der Waals surface area contributed by atoms with Crippen molar-refractivity contribution in [3.8, 4) is 0 Å². The molecule has 3 aromatic carbocycles. The van der Waals surface area contributed by atoms with Crippen molar-refractivity contribution in [3.05, 3.63) is 97.1 Å². The summed E-state index contributed by atoms with van der Waals surface area (Å²) in [6, 6.07) is 29.2. The van der Waals surface area contributed by atoms with Crippen LogP contribution in [0.25, 0.3) is 5.57 Å². The predicted octanol–water partition coefficient (Wildman–Crippen LogP) is 3.66. The number of aldehydes is 1. The van der Waals surface area contributed by atoms with Crippen LogP contribution in [0.3, 0.4) is 0 Å². The summed E-state index contributed by atoms with van der Waals surface area (Å²) in [6.45, 7) is 3.83. The van der Waals surface area contributed by atoms with Crippen molar-refractivity contribution in [1.82, 2.24) is 0 Å². The molecule has 0 amide bonds. The highest BCUT2D eigenvalue weighted by atomic mass is 31.1. The molecule has 0 fully saturated rings. The molecule has 3 rings (SSSR count). The second-order valence-electron chi connectivity index (χ2n) is 5.20. The lowest BCUT2D eigenvalue weighted by Crippen LogP contribution is -2.20. The van der Waals surface area contributed by atoms with E-state index in [1.807, 2.05) is 24.3 Å². The van der Waals surface area contributed by atoms with Gasteiger partial charge in [-0.05, 0) is 35.5 Å². The summed E-state index contributed by atoms with van der Waals surface area (Å²) in [5.74, 6) is 0. The topological polar surface area (TPSA) is 17.1 Å². The summed E-state index contributed by atoms with van der Waals surface area (Å²) < 4.78 is 0. The molecular weight excluding hydrogens is 299 g/mol. The van der Waals surface area contributed by atoms with Crippen LogP contribution >= 0.6 is 7.92 Å². The fourth-order valence-corrected chi connectivity index (χ4v) is 4.85. The molecule has 0 saturated carbocycles. The Morgan fingerprint density at radius 1 is 0.739 bits per heavy atom. The fraction of sp³-hybridized carbons (Fsp3) is 0. The minimum Gasteiger partial charge on any atom is -0.298 e. The Balaban J connectivity index is 2.13. The molecule has 0 aliphatic heterocycles. The van der Waals surface area contributed by atoms with Gasteiger partial charge in [-0.1, -0.05) is 85.4 Å².